The first kappa shape index (κ1) is 12.5. The number of methoxy groups -OCH3 is 1. The van der Waals surface area contributed by atoms with Crippen molar-refractivity contribution < 1.29 is 14.6 Å². The second-order valence-electron chi connectivity index (χ2n) is 3.77. The Morgan fingerprint density at radius 3 is 3.00 bits per heavy atom. The number of esters is 1. The summed E-state index contributed by atoms with van der Waals surface area (Å²) in [5, 5.41) is 9.38. The van der Waals surface area contributed by atoms with Crippen LogP contribution in [-0.2, 0) is 9.53 Å². The molecule has 0 heterocycles. The van der Waals surface area contributed by atoms with Crippen LogP contribution in [0, 0.1) is 11.8 Å². The maximum atomic E-state index is 11.2. The Balaban J connectivity index is 2.50. The van der Waals surface area contributed by atoms with E-state index in [2.05, 4.69) is 27.3 Å². The van der Waals surface area contributed by atoms with E-state index in [4.69, 9.17) is 0 Å². The zero-order valence-corrected chi connectivity index (χ0v) is 11.0. The van der Waals surface area contributed by atoms with Crippen LogP contribution in [0.3, 0.4) is 0 Å². The van der Waals surface area contributed by atoms with Gasteiger partial charge in [-0.25, -0.2) is 0 Å². The van der Waals surface area contributed by atoms with Crippen LogP contribution in [0.2, 0.25) is 0 Å². The quantitative estimate of drug-likeness (QED) is 0.642. The molecule has 0 aromatic rings. The number of halogens is 1. The van der Waals surface area contributed by atoms with Gasteiger partial charge >= 0.3 is 5.97 Å². The van der Waals surface area contributed by atoms with Gasteiger partial charge in [-0.2, -0.15) is 0 Å². The van der Waals surface area contributed by atoms with Gasteiger partial charge in [0.25, 0.3) is 0 Å². The molecule has 0 bridgehead atoms. The largest absolute Gasteiger partial charge is 0.507 e. The lowest BCUT2D eigenvalue weighted by Crippen LogP contribution is -2.17. The van der Waals surface area contributed by atoms with Gasteiger partial charge < -0.3 is 9.84 Å². The van der Waals surface area contributed by atoms with E-state index < -0.39 is 0 Å². The van der Waals surface area contributed by atoms with E-state index in [1.54, 1.807) is 6.08 Å². The smallest absolute Gasteiger partial charge is 0.308 e. The van der Waals surface area contributed by atoms with Gasteiger partial charge in [0.15, 0.2) is 0 Å². The van der Waals surface area contributed by atoms with Gasteiger partial charge in [0.1, 0.15) is 5.76 Å². The highest BCUT2D eigenvalue weighted by Gasteiger charge is 2.21. The van der Waals surface area contributed by atoms with Crippen molar-refractivity contribution in [2.75, 3.05) is 7.11 Å². The summed E-state index contributed by atoms with van der Waals surface area (Å²) in [6.45, 7) is 1.87. The SMILES string of the molecule is COC(=O)C(C)CC1C=CC(O)=C(I)C1. The fourth-order valence-corrected chi connectivity index (χ4v) is 2.38. The number of allylic oxidation sites excluding steroid dienone is 3. The Kier molecular flexibility index (Phi) is 4.63. The predicted molar refractivity (Wildman–Crippen MR) is 66.7 cm³/mol. The number of aliphatic hydroxyl groups excluding tert-OH is 1. The van der Waals surface area contributed by atoms with Crippen LogP contribution in [0.4, 0.5) is 0 Å². The fraction of sp³-hybridized carbons (Fsp3) is 0.545. The van der Waals surface area contributed by atoms with Crippen molar-refractivity contribution in [3.8, 4) is 0 Å². The van der Waals surface area contributed by atoms with Crippen molar-refractivity contribution in [1.29, 1.82) is 0 Å². The summed E-state index contributed by atoms with van der Waals surface area (Å²) in [7, 11) is 1.41. The molecule has 4 heteroatoms. The fourth-order valence-electron chi connectivity index (χ4n) is 1.63. The third-order valence-electron chi connectivity index (χ3n) is 2.51. The highest BCUT2D eigenvalue weighted by Crippen LogP contribution is 2.31. The maximum absolute atomic E-state index is 11.2. The number of carbonyl (C=O) groups is 1. The molecular weight excluding hydrogens is 307 g/mol. The Hall–Kier alpha value is -0.520. The summed E-state index contributed by atoms with van der Waals surface area (Å²) < 4.78 is 5.63. The van der Waals surface area contributed by atoms with Crippen molar-refractivity contribution >= 4 is 28.6 Å². The highest BCUT2D eigenvalue weighted by atomic mass is 127. The molecule has 0 radical (unpaired) electrons. The van der Waals surface area contributed by atoms with Crippen molar-refractivity contribution in [2.45, 2.75) is 19.8 Å². The number of aliphatic hydroxyl groups is 1. The number of rotatable bonds is 3. The highest BCUT2D eigenvalue weighted by molar-refractivity contribution is 14.1. The molecule has 1 aliphatic rings. The monoisotopic (exact) mass is 322 g/mol. The minimum atomic E-state index is -0.169. The molecule has 1 rings (SSSR count). The molecule has 3 nitrogen and oxygen atoms in total. The van der Waals surface area contributed by atoms with Crippen LogP contribution >= 0.6 is 22.6 Å². The summed E-state index contributed by atoms with van der Waals surface area (Å²) >= 11 is 2.13. The summed E-state index contributed by atoms with van der Waals surface area (Å²) in [4.78, 5) is 11.2. The first-order valence-corrected chi connectivity index (χ1v) is 5.96. The minimum absolute atomic E-state index is 0.0888. The molecule has 0 aliphatic heterocycles. The summed E-state index contributed by atoms with van der Waals surface area (Å²) in [6.07, 6.45) is 5.24. The van der Waals surface area contributed by atoms with E-state index in [1.165, 1.54) is 7.11 Å². The molecule has 0 aromatic carbocycles. The predicted octanol–water partition coefficient (Wildman–Crippen LogP) is 2.97. The molecule has 0 aromatic heterocycles. The molecule has 84 valence electrons. The first-order valence-electron chi connectivity index (χ1n) is 4.88. The topological polar surface area (TPSA) is 46.5 Å². The molecule has 2 atom stereocenters. The Bertz CT molecular complexity index is 307. The third-order valence-corrected chi connectivity index (χ3v) is 3.50. The van der Waals surface area contributed by atoms with Gasteiger partial charge in [-0.05, 0) is 47.4 Å². The summed E-state index contributed by atoms with van der Waals surface area (Å²) in [5.74, 6) is 0.408. The summed E-state index contributed by atoms with van der Waals surface area (Å²) in [5.41, 5.74) is 0. The Morgan fingerprint density at radius 1 is 1.80 bits per heavy atom. The van der Waals surface area contributed by atoms with E-state index in [0.717, 1.165) is 16.4 Å². The van der Waals surface area contributed by atoms with Crippen LogP contribution in [0.1, 0.15) is 19.8 Å². The van der Waals surface area contributed by atoms with Crippen LogP contribution in [0.5, 0.6) is 0 Å². The van der Waals surface area contributed by atoms with Gasteiger partial charge in [-0.1, -0.05) is 13.0 Å². The van der Waals surface area contributed by atoms with E-state index in [0.29, 0.717) is 11.7 Å². The Labute approximate surface area is 103 Å². The van der Waals surface area contributed by atoms with Crippen molar-refractivity contribution in [3.63, 3.8) is 0 Å². The standard InChI is InChI=1S/C11H15IO3/c1-7(11(14)15-2)5-8-3-4-10(13)9(12)6-8/h3-4,7-8,13H,5-6H2,1-2H3. The number of carbonyl (C=O) groups excluding carboxylic acids is 1. The number of hydrogen-bond donors (Lipinski definition) is 1. The van der Waals surface area contributed by atoms with Gasteiger partial charge in [-0.3, -0.25) is 4.79 Å². The van der Waals surface area contributed by atoms with Crippen molar-refractivity contribution in [3.05, 3.63) is 21.5 Å². The number of hydrogen-bond acceptors (Lipinski definition) is 3. The van der Waals surface area contributed by atoms with Crippen LogP contribution in [0.15, 0.2) is 21.5 Å². The lowest BCUT2D eigenvalue weighted by molar-refractivity contribution is -0.145. The molecule has 1 aliphatic carbocycles. The third kappa shape index (κ3) is 3.52. The molecule has 0 saturated heterocycles. The van der Waals surface area contributed by atoms with E-state index >= 15 is 0 Å². The van der Waals surface area contributed by atoms with E-state index in [1.807, 2.05) is 13.0 Å². The van der Waals surface area contributed by atoms with E-state index in [-0.39, 0.29) is 11.9 Å². The van der Waals surface area contributed by atoms with Crippen molar-refractivity contribution in [2.24, 2.45) is 11.8 Å². The maximum Gasteiger partial charge on any atom is 0.308 e. The average molecular weight is 322 g/mol. The molecule has 0 amide bonds. The molecule has 0 saturated carbocycles. The van der Waals surface area contributed by atoms with Gasteiger partial charge in [0.05, 0.1) is 13.0 Å². The molecule has 15 heavy (non-hydrogen) atoms. The second-order valence-corrected chi connectivity index (χ2v) is 5.08. The van der Waals surface area contributed by atoms with Crippen LogP contribution < -0.4 is 0 Å². The average Bonchev–Trinajstić information content (AvgIpc) is 2.22. The lowest BCUT2D eigenvalue weighted by atomic mass is 9.90. The van der Waals surface area contributed by atoms with Crippen molar-refractivity contribution in [1.82, 2.24) is 0 Å². The minimum Gasteiger partial charge on any atom is -0.507 e. The Morgan fingerprint density at radius 2 is 2.47 bits per heavy atom. The number of ether oxygens (including phenoxy) is 1. The van der Waals surface area contributed by atoms with Gasteiger partial charge in [0, 0.05) is 3.58 Å². The molecule has 0 fully saturated rings. The van der Waals surface area contributed by atoms with Gasteiger partial charge in [0.2, 0.25) is 0 Å². The lowest BCUT2D eigenvalue weighted by Gasteiger charge is -2.19. The molecule has 1 N–H and O–H groups in total. The first-order chi connectivity index (χ1) is 7.04. The van der Waals surface area contributed by atoms with Crippen LogP contribution in [-0.4, -0.2) is 18.2 Å². The summed E-state index contributed by atoms with van der Waals surface area (Å²) in [6, 6.07) is 0. The molecule has 2 unspecified atom stereocenters. The second kappa shape index (κ2) is 5.53. The zero-order valence-electron chi connectivity index (χ0n) is 8.87. The zero-order chi connectivity index (χ0) is 11.4. The molecule has 0 spiro atoms. The normalized spacial score (nSPS) is 22.7. The van der Waals surface area contributed by atoms with E-state index in [9.17, 15) is 9.90 Å². The van der Waals surface area contributed by atoms with Crippen LogP contribution in [0.25, 0.3) is 0 Å². The van der Waals surface area contributed by atoms with Gasteiger partial charge in [-0.15, -0.1) is 0 Å². The molecular formula is C11H15IO3.